The van der Waals surface area contributed by atoms with Crippen molar-refractivity contribution in [2.75, 3.05) is 37.1 Å². The van der Waals surface area contributed by atoms with Gasteiger partial charge in [-0.15, -0.1) is 0 Å². The third-order valence-corrected chi connectivity index (χ3v) is 13.2. The molecule has 0 atom stereocenters. The minimum atomic E-state index is -1.14. The van der Waals surface area contributed by atoms with Crippen molar-refractivity contribution in [3.8, 4) is 0 Å². The normalized spacial score (nSPS) is 10.8. The van der Waals surface area contributed by atoms with Crippen LogP contribution in [0.4, 0.5) is 11.4 Å². The highest BCUT2D eigenvalue weighted by Gasteiger charge is 2.26. The van der Waals surface area contributed by atoms with Crippen LogP contribution in [0.2, 0.25) is 0 Å². The van der Waals surface area contributed by atoms with E-state index in [9.17, 15) is 39.0 Å². The first-order valence-electron chi connectivity index (χ1n) is 14.1. The minimum Gasteiger partial charge on any atom is -0.478 e. The summed E-state index contributed by atoms with van der Waals surface area (Å²) in [6.45, 7) is 3.79. The molecule has 2 rings (SSSR count). The Bertz CT molecular complexity index is 1520. The van der Waals surface area contributed by atoms with Crippen LogP contribution in [0.5, 0.6) is 0 Å². The van der Waals surface area contributed by atoms with Gasteiger partial charge in [0.15, 0.2) is 0 Å². The lowest BCUT2D eigenvalue weighted by Crippen LogP contribution is -2.24. The zero-order valence-corrected chi connectivity index (χ0v) is 38.7. The van der Waals surface area contributed by atoms with Crippen LogP contribution in [0.25, 0.3) is 0 Å². The topological polar surface area (TPSA) is 209 Å². The summed E-state index contributed by atoms with van der Waals surface area (Å²) in [6, 6.07) is 0. The summed E-state index contributed by atoms with van der Waals surface area (Å²) in [5, 5.41) is 30.4. The fraction of sp³-hybridized carbons (Fsp3) is 0.379. The second-order valence-corrected chi connectivity index (χ2v) is 16.4. The monoisotopic (exact) mass is 1360 g/mol. The van der Waals surface area contributed by atoms with Crippen molar-refractivity contribution >= 4 is 182 Å². The molecular weight excluding hydrogens is 1330 g/mol. The molecule has 0 saturated carbocycles. The van der Waals surface area contributed by atoms with E-state index in [-0.39, 0.29) is 73.9 Å². The van der Waals surface area contributed by atoms with Crippen molar-refractivity contribution in [2.24, 2.45) is 0 Å². The molecule has 2 aromatic rings. The summed E-state index contributed by atoms with van der Waals surface area (Å²) in [6.07, 6.45) is 0.551. The second kappa shape index (κ2) is 21.9. The maximum atomic E-state index is 12.7. The number of carbonyl (C=O) groups is 6. The molecule has 6 N–H and O–H groups in total. The molecule has 0 bridgehead atoms. The number of carbonyl (C=O) groups excluding carboxylic acids is 4. The lowest BCUT2D eigenvalue weighted by molar-refractivity contribution is -0.120. The molecule has 2 aromatic carbocycles. The van der Waals surface area contributed by atoms with E-state index in [1.807, 2.05) is 136 Å². The van der Waals surface area contributed by atoms with Crippen LogP contribution in [0.1, 0.15) is 65.0 Å². The van der Waals surface area contributed by atoms with Gasteiger partial charge in [-0.1, -0.05) is 0 Å². The highest BCUT2D eigenvalue weighted by atomic mass is 127. The Morgan fingerprint density at radius 3 is 1.20 bits per heavy atom. The average molecular weight is 1360 g/mol. The number of halogens is 6. The molecule has 0 unspecified atom stereocenters. The van der Waals surface area contributed by atoms with Crippen LogP contribution in [-0.4, -0.2) is 72.2 Å². The first kappa shape index (κ1) is 44.7. The molecule has 0 aliphatic rings. The van der Waals surface area contributed by atoms with Crippen molar-refractivity contribution in [3.05, 3.63) is 43.7 Å². The molecule has 268 valence electrons. The maximum absolute atomic E-state index is 12.7. The van der Waals surface area contributed by atoms with Crippen molar-refractivity contribution in [1.29, 1.82) is 0 Å². The Morgan fingerprint density at radius 2 is 0.898 bits per heavy atom. The van der Waals surface area contributed by atoms with Gasteiger partial charge in [-0.3, -0.25) is 19.2 Å². The Hall–Kier alpha value is -0.440. The number of nitrogens with one attached hydrogen (secondary N) is 4. The number of ether oxygens (including phenoxy) is 2. The standard InChI is InChI=1S/C29H30I6N4O10/c1-12(40)36-10-14-20(30)18(28(44)45)24(34)26(22(14)32)38-16(42)4-8-48-6-3-7-49-9-5-17(43)39-27-23(33)15(11-37-13(2)41)21(31)19(25(27)35)29(46)47/h3-11H2,1-2H3,(H,36,40)(H,37,41)(H,38,42)(H,39,43)(H,44,45)(H,46,47). The van der Waals surface area contributed by atoms with Crippen LogP contribution >= 0.6 is 136 Å². The summed E-state index contributed by atoms with van der Waals surface area (Å²) in [5.74, 6) is -3.55. The van der Waals surface area contributed by atoms with Gasteiger partial charge in [0.2, 0.25) is 23.6 Å². The van der Waals surface area contributed by atoms with Crippen LogP contribution in [-0.2, 0) is 41.7 Å². The zero-order valence-electron chi connectivity index (χ0n) is 25.8. The minimum absolute atomic E-state index is 0.0227. The molecule has 49 heavy (non-hydrogen) atoms. The van der Waals surface area contributed by atoms with Gasteiger partial charge in [-0.05, 0) is 142 Å². The summed E-state index contributed by atoms with van der Waals surface area (Å²) >= 11 is 11.7. The van der Waals surface area contributed by atoms with E-state index >= 15 is 0 Å². The molecular formula is C29H30I6N4O10. The van der Waals surface area contributed by atoms with Gasteiger partial charge in [0, 0.05) is 65.6 Å². The number of benzene rings is 2. The number of rotatable bonds is 18. The van der Waals surface area contributed by atoms with Gasteiger partial charge in [-0.2, -0.15) is 0 Å². The first-order chi connectivity index (χ1) is 23.0. The quantitative estimate of drug-likeness (QED) is 0.0786. The first-order valence-corrected chi connectivity index (χ1v) is 20.6. The third kappa shape index (κ3) is 13.5. The van der Waals surface area contributed by atoms with Crippen LogP contribution < -0.4 is 21.3 Å². The predicted octanol–water partition coefficient (Wildman–Crippen LogP) is 5.76. The number of hydrogen-bond acceptors (Lipinski definition) is 8. The van der Waals surface area contributed by atoms with E-state index in [0.29, 0.717) is 63.6 Å². The molecule has 0 heterocycles. The van der Waals surface area contributed by atoms with Gasteiger partial charge in [0.25, 0.3) is 0 Å². The number of amides is 4. The number of hydrogen-bond donors (Lipinski definition) is 6. The predicted molar refractivity (Wildman–Crippen MR) is 231 cm³/mol. The van der Waals surface area contributed by atoms with Gasteiger partial charge < -0.3 is 41.0 Å². The third-order valence-electron chi connectivity index (χ3n) is 6.32. The maximum Gasteiger partial charge on any atom is 0.337 e. The summed E-state index contributed by atoms with van der Waals surface area (Å²) < 4.78 is 14.1. The summed E-state index contributed by atoms with van der Waals surface area (Å²) in [4.78, 5) is 72.2. The fourth-order valence-corrected chi connectivity index (χ4v) is 12.5. The lowest BCUT2D eigenvalue weighted by Gasteiger charge is -2.18. The lowest BCUT2D eigenvalue weighted by atomic mass is 10.1. The van der Waals surface area contributed by atoms with E-state index in [1.165, 1.54) is 13.8 Å². The van der Waals surface area contributed by atoms with Gasteiger partial charge in [0.1, 0.15) is 0 Å². The molecule has 4 amide bonds. The molecule has 0 saturated heterocycles. The van der Waals surface area contributed by atoms with E-state index in [1.54, 1.807) is 0 Å². The van der Waals surface area contributed by atoms with Crippen molar-refractivity contribution < 1.29 is 48.5 Å². The fourth-order valence-electron chi connectivity index (χ4n) is 3.96. The number of carboxylic acids is 2. The van der Waals surface area contributed by atoms with Gasteiger partial charge >= 0.3 is 11.9 Å². The Morgan fingerprint density at radius 1 is 0.551 bits per heavy atom. The number of carboxylic acid groups (broad SMARTS) is 2. The SMILES string of the molecule is CC(=O)NCc1c(I)c(NC(=O)CCOCCCOCCC(=O)Nc2c(I)c(CNC(C)=O)c(I)c(C(=O)O)c2I)c(I)c(C(=O)O)c1I. The van der Waals surface area contributed by atoms with E-state index in [0.717, 1.165) is 0 Å². The summed E-state index contributed by atoms with van der Waals surface area (Å²) in [5.41, 5.74) is 2.01. The molecule has 0 radical (unpaired) electrons. The molecule has 0 aromatic heterocycles. The van der Waals surface area contributed by atoms with Gasteiger partial charge in [-0.25, -0.2) is 9.59 Å². The zero-order chi connectivity index (χ0) is 37.0. The molecule has 0 aliphatic heterocycles. The Kier molecular flexibility index (Phi) is 20.0. The highest BCUT2D eigenvalue weighted by Crippen LogP contribution is 2.37. The molecule has 0 spiro atoms. The van der Waals surface area contributed by atoms with E-state index < -0.39 is 11.9 Å². The number of aromatic carboxylic acids is 2. The molecule has 0 fully saturated rings. The second-order valence-electron chi connectivity index (χ2n) is 9.95. The Balaban J connectivity index is 1.83. The van der Waals surface area contributed by atoms with Crippen molar-refractivity contribution in [2.45, 2.75) is 46.2 Å². The van der Waals surface area contributed by atoms with Crippen LogP contribution in [0.15, 0.2) is 0 Å². The van der Waals surface area contributed by atoms with Crippen LogP contribution in [0, 0.1) is 21.4 Å². The molecule has 14 nitrogen and oxygen atoms in total. The largest absolute Gasteiger partial charge is 0.478 e. The van der Waals surface area contributed by atoms with Crippen molar-refractivity contribution in [3.63, 3.8) is 0 Å². The van der Waals surface area contributed by atoms with Gasteiger partial charge in [0.05, 0.1) is 55.7 Å². The smallest absolute Gasteiger partial charge is 0.337 e. The molecule has 20 heteroatoms. The van der Waals surface area contributed by atoms with E-state index in [2.05, 4.69) is 21.3 Å². The molecule has 0 aliphatic carbocycles. The van der Waals surface area contributed by atoms with Crippen LogP contribution in [0.3, 0.4) is 0 Å². The average Bonchev–Trinajstić information content (AvgIpc) is 2.99. The Labute approximate surface area is 363 Å². The highest BCUT2D eigenvalue weighted by molar-refractivity contribution is 14.1. The van der Waals surface area contributed by atoms with Crippen molar-refractivity contribution in [1.82, 2.24) is 10.6 Å². The number of anilines is 2. The van der Waals surface area contributed by atoms with E-state index in [4.69, 9.17) is 9.47 Å². The summed E-state index contributed by atoms with van der Waals surface area (Å²) in [7, 11) is 0.